The van der Waals surface area contributed by atoms with Gasteiger partial charge in [0.25, 0.3) is 5.91 Å². The minimum absolute atomic E-state index is 0.183. The van der Waals surface area contributed by atoms with E-state index in [1.54, 1.807) is 12.1 Å². The summed E-state index contributed by atoms with van der Waals surface area (Å²) in [6.07, 6.45) is 7.92. The molecule has 0 saturated heterocycles. The van der Waals surface area contributed by atoms with E-state index in [2.05, 4.69) is 10.6 Å². The SMILES string of the molecule is Nc1cc(C(=O)NC2(C(=O)Nc3ccccc3)CCC2)ccc1C(=Nc1ccccc1)C1CCCCC1. The van der Waals surface area contributed by atoms with Gasteiger partial charge in [0, 0.05) is 28.4 Å². The van der Waals surface area contributed by atoms with Gasteiger partial charge >= 0.3 is 0 Å². The third-order valence-electron chi connectivity index (χ3n) is 7.61. The molecular formula is C31H34N4O2. The summed E-state index contributed by atoms with van der Waals surface area (Å²) in [4.78, 5) is 31.4. The van der Waals surface area contributed by atoms with Gasteiger partial charge in [0.15, 0.2) is 0 Å². The van der Waals surface area contributed by atoms with Crippen LogP contribution in [0.2, 0.25) is 0 Å². The van der Waals surface area contributed by atoms with Crippen LogP contribution in [-0.4, -0.2) is 23.1 Å². The molecule has 37 heavy (non-hydrogen) atoms. The molecule has 0 radical (unpaired) electrons. The van der Waals surface area contributed by atoms with Gasteiger partial charge in [-0.3, -0.25) is 14.6 Å². The molecule has 6 nitrogen and oxygen atoms in total. The highest BCUT2D eigenvalue weighted by Gasteiger charge is 2.45. The molecule has 3 aromatic carbocycles. The zero-order chi connectivity index (χ0) is 25.7. The summed E-state index contributed by atoms with van der Waals surface area (Å²) in [5.74, 6) is -0.131. The Bertz CT molecular complexity index is 1280. The van der Waals surface area contributed by atoms with E-state index in [-0.39, 0.29) is 11.8 Å². The first-order valence-corrected chi connectivity index (χ1v) is 13.3. The molecule has 0 bridgehead atoms. The molecule has 4 N–H and O–H groups in total. The minimum Gasteiger partial charge on any atom is -0.398 e. The fourth-order valence-corrected chi connectivity index (χ4v) is 5.33. The van der Waals surface area contributed by atoms with E-state index in [4.69, 9.17) is 10.7 Å². The van der Waals surface area contributed by atoms with Crippen LogP contribution in [0.1, 0.15) is 67.3 Å². The van der Waals surface area contributed by atoms with Crippen molar-refractivity contribution < 1.29 is 9.59 Å². The summed E-state index contributed by atoms with van der Waals surface area (Å²) in [7, 11) is 0. The van der Waals surface area contributed by atoms with Crippen molar-refractivity contribution in [2.45, 2.75) is 56.9 Å². The Kier molecular flexibility index (Phi) is 7.35. The second-order valence-electron chi connectivity index (χ2n) is 10.2. The van der Waals surface area contributed by atoms with Crippen LogP contribution < -0.4 is 16.4 Å². The number of anilines is 2. The van der Waals surface area contributed by atoms with Crippen molar-refractivity contribution in [3.05, 3.63) is 90.0 Å². The van der Waals surface area contributed by atoms with E-state index < -0.39 is 5.54 Å². The van der Waals surface area contributed by atoms with Crippen molar-refractivity contribution in [2.24, 2.45) is 10.9 Å². The molecule has 2 aliphatic rings. The van der Waals surface area contributed by atoms with Gasteiger partial charge in [0.05, 0.1) is 11.4 Å². The molecule has 2 amide bonds. The number of nitrogens with two attached hydrogens (primary N) is 1. The number of carbonyl (C=O) groups is 2. The van der Waals surface area contributed by atoms with Gasteiger partial charge in [0.2, 0.25) is 5.91 Å². The van der Waals surface area contributed by atoms with Crippen molar-refractivity contribution in [1.82, 2.24) is 5.32 Å². The van der Waals surface area contributed by atoms with Crippen LogP contribution in [0.25, 0.3) is 0 Å². The first-order chi connectivity index (χ1) is 18.0. The molecule has 5 rings (SSSR count). The average molecular weight is 495 g/mol. The Morgan fingerprint density at radius 1 is 0.838 bits per heavy atom. The van der Waals surface area contributed by atoms with Gasteiger partial charge < -0.3 is 16.4 Å². The van der Waals surface area contributed by atoms with Crippen LogP contribution in [0.3, 0.4) is 0 Å². The number of rotatable bonds is 7. The Morgan fingerprint density at radius 3 is 2.14 bits per heavy atom. The molecule has 0 aliphatic heterocycles. The second-order valence-corrected chi connectivity index (χ2v) is 10.2. The maximum atomic E-state index is 13.3. The fourth-order valence-electron chi connectivity index (χ4n) is 5.33. The lowest BCUT2D eigenvalue weighted by Gasteiger charge is -2.40. The first-order valence-electron chi connectivity index (χ1n) is 13.3. The van der Waals surface area contributed by atoms with Crippen molar-refractivity contribution in [3.8, 4) is 0 Å². The number of para-hydroxylation sites is 2. The first kappa shape index (κ1) is 24.8. The highest BCUT2D eigenvalue weighted by atomic mass is 16.2. The Labute approximate surface area is 218 Å². The van der Waals surface area contributed by atoms with E-state index in [0.717, 1.165) is 41.9 Å². The molecule has 0 aromatic heterocycles. The number of nitrogens with zero attached hydrogens (tertiary/aromatic N) is 1. The van der Waals surface area contributed by atoms with Crippen LogP contribution >= 0.6 is 0 Å². The molecule has 3 aromatic rings. The van der Waals surface area contributed by atoms with Crippen LogP contribution in [0, 0.1) is 5.92 Å². The van der Waals surface area contributed by atoms with Gasteiger partial charge in [-0.2, -0.15) is 0 Å². The summed E-state index contributed by atoms with van der Waals surface area (Å²) in [6, 6.07) is 24.7. The summed E-state index contributed by atoms with van der Waals surface area (Å²) in [6.45, 7) is 0. The van der Waals surface area contributed by atoms with Crippen LogP contribution in [-0.2, 0) is 4.79 Å². The number of benzene rings is 3. The van der Waals surface area contributed by atoms with Crippen LogP contribution in [0.15, 0.2) is 83.9 Å². The average Bonchev–Trinajstić information content (AvgIpc) is 2.91. The van der Waals surface area contributed by atoms with Gasteiger partial charge in [-0.05, 0) is 68.5 Å². The van der Waals surface area contributed by atoms with E-state index in [0.29, 0.717) is 30.0 Å². The minimum atomic E-state index is -0.900. The molecule has 0 atom stereocenters. The zero-order valence-corrected chi connectivity index (χ0v) is 21.1. The van der Waals surface area contributed by atoms with Gasteiger partial charge in [-0.25, -0.2) is 0 Å². The molecule has 2 saturated carbocycles. The zero-order valence-electron chi connectivity index (χ0n) is 21.1. The smallest absolute Gasteiger partial charge is 0.252 e. The number of carbonyl (C=O) groups excluding carboxylic acids is 2. The lowest BCUT2D eigenvalue weighted by atomic mass is 9.75. The Hall–Kier alpha value is -3.93. The van der Waals surface area contributed by atoms with E-state index in [1.807, 2.05) is 66.7 Å². The fraction of sp³-hybridized carbons (Fsp3) is 0.323. The van der Waals surface area contributed by atoms with Gasteiger partial charge in [-0.15, -0.1) is 0 Å². The summed E-state index contributed by atoms with van der Waals surface area (Å²) < 4.78 is 0. The number of aliphatic imine (C=N–C) groups is 1. The van der Waals surface area contributed by atoms with Crippen molar-refractivity contribution in [2.75, 3.05) is 11.1 Å². The molecule has 0 unspecified atom stereocenters. The molecule has 2 aliphatic carbocycles. The largest absolute Gasteiger partial charge is 0.398 e. The summed E-state index contributed by atoms with van der Waals surface area (Å²) in [5.41, 5.74) is 10.1. The monoisotopic (exact) mass is 494 g/mol. The number of hydrogen-bond donors (Lipinski definition) is 3. The number of nitrogen functional groups attached to an aromatic ring is 1. The number of hydrogen-bond acceptors (Lipinski definition) is 4. The highest BCUT2D eigenvalue weighted by molar-refractivity contribution is 6.09. The quantitative estimate of drug-likeness (QED) is 0.267. The van der Waals surface area contributed by atoms with Crippen molar-refractivity contribution >= 4 is 34.6 Å². The number of nitrogens with one attached hydrogen (secondary N) is 2. The lowest BCUT2D eigenvalue weighted by molar-refractivity contribution is -0.125. The van der Waals surface area contributed by atoms with Crippen LogP contribution in [0.5, 0.6) is 0 Å². The molecule has 190 valence electrons. The maximum absolute atomic E-state index is 13.3. The molecule has 2 fully saturated rings. The lowest BCUT2D eigenvalue weighted by Crippen LogP contribution is -2.61. The maximum Gasteiger partial charge on any atom is 0.252 e. The molecule has 0 heterocycles. The molecule has 0 spiro atoms. The summed E-state index contributed by atoms with van der Waals surface area (Å²) >= 11 is 0. The Morgan fingerprint density at radius 2 is 1.51 bits per heavy atom. The topological polar surface area (TPSA) is 96.6 Å². The molecular weight excluding hydrogens is 460 g/mol. The van der Waals surface area contributed by atoms with Crippen molar-refractivity contribution in [1.29, 1.82) is 0 Å². The standard InChI is InChI=1S/C31H34N4O2/c32-27-21-23(29(36)35-31(19-10-20-31)30(37)34-25-15-8-3-9-16-25)17-18-26(27)28(22-11-4-1-5-12-22)33-24-13-6-2-7-14-24/h2-3,6-9,13-18,21-22H,1,4-5,10-12,19-20,32H2,(H,34,37)(H,35,36). The van der Waals surface area contributed by atoms with Crippen LogP contribution in [0.4, 0.5) is 17.1 Å². The third-order valence-corrected chi connectivity index (χ3v) is 7.61. The predicted molar refractivity (Wildman–Crippen MR) is 149 cm³/mol. The highest BCUT2D eigenvalue weighted by Crippen LogP contribution is 2.34. The third kappa shape index (κ3) is 5.58. The predicted octanol–water partition coefficient (Wildman–Crippen LogP) is 6.26. The van der Waals surface area contributed by atoms with Crippen molar-refractivity contribution in [3.63, 3.8) is 0 Å². The van der Waals surface area contributed by atoms with Gasteiger partial charge in [0.1, 0.15) is 5.54 Å². The van der Waals surface area contributed by atoms with E-state index in [1.165, 1.54) is 19.3 Å². The van der Waals surface area contributed by atoms with E-state index >= 15 is 0 Å². The van der Waals surface area contributed by atoms with E-state index in [9.17, 15) is 9.59 Å². The van der Waals surface area contributed by atoms with Gasteiger partial charge in [-0.1, -0.05) is 61.7 Å². The number of amides is 2. The summed E-state index contributed by atoms with van der Waals surface area (Å²) in [5, 5.41) is 5.95. The Balaban J connectivity index is 1.37. The molecule has 6 heteroatoms. The normalized spacial score (nSPS) is 17.5. The second kappa shape index (κ2) is 11.0.